The summed E-state index contributed by atoms with van der Waals surface area (Å²) < 4.78 is 33.3. The molecule has 174 valence electrons. The maximum Gasteiger partial charge on any atom is 0.283 e. The molecule has 1 amide bonds. The van der Waals surface area contributed by atoms with E-state index >= 15 is 0 Å². The summed E-state index contributed by atoms with van der Waals surface area (Å²) in [5.74, 6) is -0.311. The van der Waals surface area contributed by atoms with Gasteiger partial charge < -0.3 is 4.74 Å². The number of carbonyl (C=O) groups excluding carboxylic acids is 1. The fraction of sp³-hybridized carbons (Fsp3) is 0.160. The molecule has 0 fully saturated rings. The number of hydrogen-bond acceptors (Lipinski definition) is 6. The fourth-order valence-electron chi connectivity index (χ4n) is 3.63. The first-order valence-corrected chi connectivity index (χ1v) is 12.0. The molecule has 2 N–H and O–H groups in total. The Bertz CT molecular complexity index is 1440. The molecule has 0 radical (unpaired) electrons. The number of aromatic amines is 1. The number of amides is 1. The SMILES string of the molecule is Cc1ccc(-c2ccc(C(=O)NS(=O)(=O)c3cc[nH]n3)c(Oc3c(C)cc(C)cc3C)n2)cc1. The topological polar surface area (TPSA) is 114 Å². The lowest BCUT2D eigenvalue weighted by molar-refractivity contribution is 0.0978. The zero-order chi connectivity index (χ0) is 24.5. The molecule has 34 heavy (non-hydrogen) atoms. The highest BCUT2D eigenvalue weighted by molar-refractivity contribution is 7.90. The number of sulfonamides is 1. The molecule has 0 aliphatic rings. The molecule has 0 unspecified atom stereocenters. The van der Waals surface area contributed by atoms with Crippen LogP contribution in [0.1, 0.15) is 32.6 Å². The van der Waals surface area contributed by atoms with Crippen molar-refractivity contribution >= 4 is 15.9 Å². The van der Waals surface area contributed by atoms with Crippen LogP contribution in [-0.2, 0) is 10.0 Å². The van der Waals surface area contributed by atoms with Crippen LogP contribution in [0.15, 0.2) is 65.8 Å². The molecule has 0 aliphatic heterocycles. The highest BCUT2D eigenvalue weighted by atomic mass is 32.2. The van der Waals surface area contributed by atoms with Crippen molar-refractivity contribution in [3.63, 3.8) is 0 Å². The lowest BCUT2D eigenvalue weighted by Gasteiger charge is -2.16. The van der Waals surface area contributed by atoms with Crippen LogP contribution in [0.25, 0.3) is 11.3 Å². The van der Waals surface area contributed by atoms with Crippen LogP contribution in [0.5, 0.6) is 11.6 Å². The van der Waals surface area contributed by atoms with E-state index in [9.17, 15) is 13.2 Å². The summed E-state index contributed by atoms with van der Waals surface area (Å²) >= 11 is 0. The number of pyridine rings is 1. The Balaban J connectivity index is 1.78. The summed E-state index contributed by atoms with van der Waals surface area (Å²) in [6.45, 7) is 7.78. The summed E-state index contributed by atoms with van der Waals surface area (Å²) in [5.41, 5.74) is 5.32. The van der Waals surface area contributed by atoms with E-state index in [2.05, 4.69) is 15.2 Å². The molecule has 4 rings (SSSR count). The molecule has 0 atom stereocenters. The number of H-pyrrole nitrogens is 1. The van der Waals surface area contributed by atoms with Gasteiger partial charge in [0.05, 0.1) is 5.69 Å². The van der Waals surface area contributed by atoms with Crippen molar-refractivity contribution in [3.05, 3.63) is 88.6 Å². The summed E-state index contributed by atoms with van der Waals surface area (Å²) in [5, 5.41) is 5.77. The first-order valence-electron chi connectivity index (χ1n) is 10.5. The van der Waals surface area contributed by atoms with E-state index in [0.29, 0.717) is 11.4 Å². The third-order valence-electron chi connectivity index (χ3n) is 5.23. The quantitative estimate of drug-likeness (QED) is 0.420. The van der Waals surface area contributed by atoms with Gasteiger partial charge in [-0.1, -0.05) is 47.5 Å². The molecular weight excluding hydrogens is 452 g/mol. The standard InChI is InChI=1S/C25H24N4O4S/c1-15-5-7-19(8-6-15)21-10-9-20(24(30)29-34(31,32)22-11-12-26-28-22)25(27-21)33-23-17(3)13-16(2)14-18(23)4/h5-14H,1-4H3,(H,26,28)(H,29,30). The Kier molecular flexibility index (Phi) is 6.21. The number of ether oxygens (including phenoxy) is 1. The number of carbonyl (C=O) groups is 1. The summed E-state index contributed by atoms with van der Waals surface area (Å²) in [4.78, 5) is 17.6. The lowest BCUT2D eigenvalue weighted by atomic mass is 10.1. The Morgan fingerprint density at radius 2 is 1.59 bits per heavy atom. The molecule has 2 aromatic carbocycles. The number of aromatic nitrogens is 3. The third kappa shape index (κ3) is 4.84. The fourth-order valence-corrected chi connectivity index (χ4v) is 4.50. The average Bonchev–Trinajstić information content (AvgIpc) is 3.32. The van der Waals surface area contributed by atoms with Crippen molar-refractivity contribution in [2.45, 2.75) is 32.7 Å². The second-order valence-electron chi connectivity index (χ2n) is 8.09. The van der Waals surface area contributed by atoms with Crippen molar-refractivity contribution in [2.24, 2.45) is 0 Å². The Morgan fingerprint density at radius 3 is 2.21 bits per heavy atom. The average molecular weight is 477 g/mol. The zero-order valence-corrected chi connectivity index (χ0v) is 20.0. The summed E-state index contributed by atoms with van der Waals surface area (Å²) in [7, 11) is -4.17. The van der Waals surface area contributed by atoms with E-state index in [1.165, 1.54) is 18.3 Å². The van der Waals surface area contributed by atoms with Gasteiger partial charge in [-0.3, -0.25) is 9.89 Å². The second kappa shape index (κ2) is 9.11. The third-order valence-corrected chi connectivity index (χ3v) is 6.47. The predicted molar refractivity (Wildman–Crippen MR) is 128 cm³/mol. The van der Waals surface area contributed by atoms with Crippen LogP contribution in [0.2, 0.25) is 0 Å². The molecule has 0 aliphatic carbocycles. The molecule has 4 aromatic rings. The van der Waals surface area contributed by atoms with E-state index in [4.69, 9.17) is 4.74 Å². The number of hydrogen-bond donors (Lipinski definition) is 2. The zero-order valence-electron chi connectivity index (χ0n) is 19.2. The van der Waals surface area contributed by atoms with Crippen molar-refractivity contribution in [2.75, 3.05) is 0 Å². The van der Waals surface area contributed by atoms with Crippen molar-refractivity contribution in [3.8, 4) is 22.9 Å². The number of nitrogens with zero attached hydrogens (tertiary/aromatic N) is 2. The lowest BCUT2D eigenvalue weighted by Crippen LogP contribution is -2.31. The molecule has 0 saturated heterocycles. The van der Waals surface area contributed by atoms with Gasteiger partial charge in [0.15, 0.2) is 5.03 Å². The van der Waals surface area contributed by atoms with Crippen LogP contribution in [0.4, 0.5) is 0 Å². The van der Waals surface area contributed by atoms with Gasteiger partial charge in [0.2, 0.25) is 5.88 Å². The molecule has 2 heterocycles. The number of benzene rings is 2. The summed E-state index contributed by atoms with van der Waals surface area (Å²) in [6, 6.07) is 16.1. The van der Waals surface area contributed by atoms with Crippen LogP contribution in [0.3, 0.4) is 0 Å². The molecular formula is C25H24N4O4S. The van der Waals surface area contributed by atoms with E-state index in [1.54, 1.807) is 6.07 Å². The minimum Gasteiger partial charge on any atom is -0.438 e. The monoisotopic (exact) mass is 476 g/mol. The van der Waals surface area contributed by atoms with Crippen molar-refractivity contribution in [1.29, 1.82) is 0 Å². The van der Waals surface area contributed by atoms with E-state index in [1.807, 2.05) is 68.8 Å². The Labute approximate surface area is 198 Å². The first-order chi connectivity index (χ1) is 16.1. The molecule has 2 aromatic heterocycles. The van der Waals surface area contributed by atoms with Gasteiger partial charge in [0.1, 0.15) is 11.3 Å². The van der Waals surface area contributed by atoms with Crippen LogP contribution >= 0.6 is 0 Å². The predicted octanol–water partition coefficient (Wildman–Crippen LogP) is 4.62. The van der Waals surface area contributed by atoms with Gasteiger partial charge in [-0.15, -0.1) is 0 Å². The molecule has 8 nitrogen and oxygen atoms in total. The molecule has 9 heteroatoms. The normalized spacial score (nSPS) is 11.3. The maximum atomic E-state index is 13.0. The minimum atomic E-state index is -4.17. The number of rotatable bonds is 6. The van der Waals surface area contributed by atoms with Crippen molar-refractivity contribution < 1.29 is 17.9 Å². The number of aryl methyl sites for hydroxylation is 4. The van der Waals surface area contributed by atoms with Gasteiger partial charge in [-0.2, -0.15) is 13.5 Å². The Morgan fingerprint density at radius 1 is 0.912 bits per heavy atom. The highest BCUT2D eigenvalue weighted by Gasteiger charge is 2.25. The summed E-state index contributed by atoms with van der Waals surface area (Å²) in [6.07, 6.45) is 1.36. The van der Waals surface area contributed by atoms with Gasteiger partial charge >= 0.3 is 0 Å². The molecule has 0 saturated carbocycles. The van der Waals surface area contributed by atoms with Gasteiger partial charge in [0, 0.05) is 11.8 Å². The van der Waals surface area contributed by atoms with E-state index < -0.39 is 15.9 Å². The van der Waals surface area contributed by atoms with Crippen LogP contribution in [0, 0.1) is 27.7 Å². The minimum absolute atomic E-state index is 0.00264. The molecule has 0 bridgehead atoms. The maximum absolute atomic E-state index is 13.0. The van der Waals surface area contributed by atoms with Gasteiger partial charge in [-0.25, -0.2) is 9.71 Å². The highest BCUT2D eigenvalue weighted by Crippen LogP contribution is 2.32. The van der Waals surface area contributed by atoms with Crippen LogP contribution in [-0.4, -0.2) is 29.5 Å². The van der Waals surface area contributed by atoms with Crippen LogP contribution < -0.4 is 9.46 Å². The van der Waals surface area contributed by atoms with Crippen molar-refractivity contribution in [1.82, 2.24) is 19.9 Å². The first kappa shape index (κ1) is 23.2. The van der Waals surface area contributed by atoms with Gasteiger partial charge in [-0.05, 0) is 57.0 Å². The second-order valence-corrected chi connectivity index (χ2v) is 9.72. The largest absolute Gasteiger partial charge is 0.438 e. The van der Waals surface area contributed by atoms with E-state index in [-0.39, 0.29) is 16.5 Å². The van der Waals surface area contributed by atoms with Gasteiger partial charge in [0.25, 0.3) is 15.9 Å². The number of nitrogens with one attached hydrogen (secondary N) is 2. The smallest absolute Gasteiger partial charge is 0.283 e. The van der Waals surface area contributed by atoms with E-state index in [0.717, 1.165) is 27.8 Å². The Hall–Kier alpha value is -3.98. The molecule has 0 spiro atoms.